The van der Waals surface area contributed by atoms with Crippen molar-refractivity contribution >= 4 is 29.3 Å². The van der Waals surface area contributed by atoms with E-state index in [2.05, 4.69) is 0 Å². The number of carbonyl (C=O) groups excluding carboxylic acids is 2. The first-order valence-corrected chi connectivity index (χ1v) is 13.8. The monoisotopic (exact) mass is 572 g/mol. The van der Waals surface area contributed by atoms with Gasteiger partial charge in [0, 0.05) is 7.05 Å². The van der Waals surface area contributed by atoms with E-state index in [-0.39, 0.29) is 13.2 Å². The number of ether oxygens (including phenoxy) is 6. The van der Waals surface area contributed by atoms with Crippen LogP contribution in [0.5, 0.6) is 11.5 Å². The number of methoxy groups -OCH3 is 2. The van der Waals surface area contributed by atoms with Crippen molar-refractivity contribution in [1.29, 1.82) is 0 Å². The molecule has 0 bridgehead atoms. The minimum atomic E-state index is -0.894. The lowest BCUT2D eigenvalue weighted by Gasteiger charge is -2.40. The van der Waals surface area contributed by atoms with Gasteiger partial charge in [-0.3, -0.25) is 9.89 Å². The topological polar surface area (TPSA) is 105 Å². The molecule has 0 saturated carbocycles. The van der Waals surface area contributed by atoms with Crippen LogP contribution in [0.4, 0.5) is 4.79 Å². The van der Waals surface area contributed by atoms with E-state index in [9.17, 15) is 9.59 Å². The van der Waals surface area contributed by atoms with Crippen molar-refractivity contribution < 1.29 is 38.0 Å². The summed E-state index contributed by atoms with van der Waals surface area (Å²) in [5.74, 6) is 1.47. The predicted molar refractivity (Wildman–Crippen MR) is 151 cm³/mol. The van der Waals surface area contributed by atoms with E-state index in [1.54, 1.807) is 42.0 Å². The molecule has 0 aliphatic carbocycles. The van der Waals surface area contributed by atoms with Crippen LogP contribution in [0.1, 0.15) is 31.9 Å². The molecule has 4 rings (SSSR count). The zero-order chi connectivity index (χ0) is 28.9. The smallest absolute Gasteiger partial charge is 0.416 e. The molecule has 2 aromatic carbocycles. The third-order valence-electron chi connectivity index (χ3n) is 6.33. The van der Waals surface area contributed by atoms with Gasteiger partial charge in [0.2, 0.25) is 0 Å². The van der Waals surface area contributed by atoms with Crippen molar-refractivity contribution in [1.82, 2.24) is 4.90 Å². The third kappa shape index (κ3) is 7.34. The summed E-state index contributed by atoms with van der Waals surface area (Å²) in [5, 5.41) is 0.419. The average molecular weight is 573 g/mol. The summed E-state index contributed by atoms with van der Waals surface area (Å²) in [6, 6.07) is 14.5. The number of hydrogen-bond donors (Lipinski definition) is 0. The van der Waals surface area contributed by atoms with E-state index in [4.69, 9.17) is 33.4 Å². The van der Waals surface area contributed by atoms with Gasteiger partial charge in [-0.1, -0.05) is 36.0 Å². The van der Waals surface area contributed by atoms with Crippen LogP contribution >= 0.6 is 11.8 Å². The number of nitrogens with zero attached hydrogens (tertiary/aromatic N) is 2. The van der Waals surface area contributed by atoms with Gasteiger partial charge in [0.05, 0.1) is 27.4 Å². The number of amidine groups is 1. The van der Waals surface area contributed by atoms with Gasteiger partial charge in [0.25, 0.3) is 0 Å². The summed E-state index contributed by atoms with van der Waals surface area (Å²) in [6.45, 7) is 5.88. The van der Waals surface area contributed by atoms with Crippen molar-refractivity contribution in [2.45, 2.75) is 69.4 Å². The lowest BCUT2D eigenvalue weighted by Crippen LogP contribution is -2.57. The molecule has 1 amide bonds. The third-order valence-corrected chi connectivity index (χ3v) is 7.54. The normalized spacial score (nSPS) is 24.1. The standard InChI is InChI=1S/C29H36N2O8S/c1-29(2,3)39-28(33)31(4)27-30-23-25(37-17-19-9-13-21(35-6)14-10-19)24(22(15-32)38-26(23)40-27)36-16-18-7-11-20(34-5)12-8-18/h7-15,22-26H,16-17H2,1-6H3/t22-,23-,24-,25-,26-/m1/s1. The number of carbonyl (C=O) groups is 2. The van der Waals surface area contributed by atoms with Crippen molar-refractivity contribution in [3.05, 3.63) is 59.7 Å². The Morgan fingerprint density at radius 1 is 0.950 bits per heavy atom. The average Bonchev–Trinajstić information content (AvgIpc) is 3.37. The highest BCUT2D eigenvalue weighted by Gasteiger charge is 2.51. The van der Waals surface area contributed by atoms with E-state index in [0.717, 1.165) is 28.9 Å². The Kier molecular flexibility index (Phi) is 9.72. The molecule has 0 spiro atoms. The molecule has 2 aromatic rings. The molecule has 0 N–H and O–H groups in total. The van der Waals surface area contributed by atoms with Gasteiger partial charge < -0.3 is 33.2 Å². The van der Waals surface area contributed by atoms with Crippen LogP contribution in [0.15, 0.2) is 53.5 Å². The van der Waals surface area contributed by atoms with Crippen LogP contribution in [-0.2, 0) is 37.0 Å². The van der Waals surface area contributed by atoms with E-state index < -0.39 is 41.5 Å². The number of aliphatic imine (C=N–C) groups is 1. The van der Waals surface area contributed by atoms with E-state index in [0.29, 0.717) is 5.17 Å². The second kappa shape index (κ2) is 13.0. The summed E-state index contributed by atoms with van der Waals surface area (Å²) >= 11 is 1.26. The molecule has 2 aliphatic heterocycles. The van der Waals surface area contributed by atoms with E-state index in [1.807, 2.05) is 48.5 Å². The van der Waals surface area contributed by atoms with Crippen LogP contribution in [0.3, 0.4) is 0 Å². The molecule has 10 nitrogen and oxygen atoms in total. The lowest BCUT2D eigenvalue weighted by atomic mass is 9.98. The molecule has 11 heteroatoms. The maximum atomic E-state index is 12.7. The van der Waals surface area contributed by atoms with Crippen molar-refractivity contribution in [2.24, 2.45) is 4.99 Å². The van der Waals surface area contributed by atoms with Gasteiger partial charge in [0.15, 0.2) is 11.5 Å². The quantitative estimate of drug-likeness (QED) is 0.404. The summed E-state index contributed by atoms with van der Waals surface area (Å²) in [4.78, 5) is 31.1. The van der Waals surface area contributed by atoms with Gasteiger partial charge in [-0.05, 0) is 56.2 Å². The Morgan fingerprint density at radius 2 is 1.48 bits per heavy atom. The highest BCUT2D eigenvalue weighted by atomic mass is 32.2. The maximum Gasteiger partial charge on any atom is 0.416 e. The number of benzene rings is 2. The second-order valence-corrected chi connectivity index (χ2v) is 11.5. The van der Waals surface area contributed by atoms with Crippen molar-refractivity contribution in [3.8, 4) is 11.5 Å². The molecule has 216 valence electrons. The van der Waals surface area contributed by atoms with Gasteiger partial charge in [-0.15, -0.1) is 0 Å². The molecule has 5 atom stereocenters. The van der Waals surface area contributed by atoms with Crippen molar-refractivity contribution in [2.75, 3.05) is 21.3 Å². The fraction of sp³-hybridized carbons (Fsp3) is 0.483. The second-order valence-electron chi connectivity index (χ2n) is 10.4. The van der Waals surface area contributed by atoms with Crippen molar-refractivity contribution in [3.63, 3.8) is 0 Å². The lowest BCUT2D eigenvalue weighted by molar-refractivity contribution is -0.193. The zero-order valence-corrected chi connectivity index (χ0v) is 24.4. The number of fused-ring (bicyclic) bond motifs is 1. The summed E-state index contributed by atoms with van der Waals surface area (Å²) < 4.78 is 34.8. The SMILES string of the molecule is COc1ccc(CO[C@@H]2[C@H]3N=C(N(C)C(=O)OC(C)(C)C)S[C@H]3O[C@H](C=O)[C@H]2OCc2ccc(OC)cc2)cc1. The van der Waals surface area contributed by atoms with Crippen LogP contribution in [0, 0.1) is 0 Å². The summed E-state index contributed by atoms with van der Waals surface area (Å²) in [6.07, 6.45) is -2.07. The largest absolute Gasteiger partial charge is 0.497 e. The first-order chi connectivity index (χ1) is 19.1. The molecule has 40 heavy (non-hydrogen) atoms. The highest BCUT2D eigenvalue weighted by Crippen LogP contribution is 2.40. The zero-order valence-electron chi connectivity index (χ0n) is 23.6. The van der Waals surface area contributed by atoms with E-state index >= 15 is 0 Å². The molecule has 0 radical (unpaired) electrons. The molecular weight excluding hydrogens is 536 g/mol. The number of thioether (sulfide) groups is 1. The minimum absolute atomic E-state index is 0.226. The Morgan fingerprint density at radius 3 is 1.95 bits per heavy atom. The molecule has 0 unspecified atom stereocenters. The minimum Gasteiger partial charge on any atom is -0.497 e. The molecular formula is C29H36N2O8S. The van der Waals surface area contributed by atoms with Gasteiger partial charge >= 0.3 is 6.09 Å². The highest BCUT2D eigenvalue weighted by molar-refractivity contribution is 8.14. The van der Waals surface area contributed by atoms with Crippen LogP contribution in [0.2, 0.25) is 0 Å². The predicted octanol–water partition coefficient (Wildman–Crippen LogP) is 4.44. The fourth-order valence-electron chi connectivity index (χ4n) is 4.24. The number of aldehydes is 1. The first-order valence-electron chi connectivity index (χ1n) is 12.9. The number of rotatable bonds is 9. The number of hydrogen-bond acceptors (Lipinski definition) is 10. The molecule has 0 aromatic heterocycles. The molecule has 1 saturated heterocycles. The number of amides is 1. The molecule has 2 heterocycles. The summed E-state index contributed by atoms with van der Waals surface area (Å²) in [5.41, 5.74) is 0.611. The van der Waals surface area contributed by atoms with Crippen LogP contribution < -0.4 is 9.47 Å². The molecule has 1 fully saturated rings. The van der Waals surface area contributed by atoms with Crippen LogP contribution in [0.25, 0.3) is 0 Å². The Balaban J connectivity index is 1.57. The van der Waals surface area contributed by atoms with E-state index in [1.165, 1.54) is 16.7 Å². The summed E-state index contributed by atoms with van der Waals surface area (Å²) in [7, 11) is 4.81. The van der Waals surface area contributed by atoms with Gasteiger partial charge in [-0.2, -0.15) is 0 Å². The fourth-order valence-corrected chi connectivity index (χ4v) is 5.40. The maximum absolute atomic E-state index is 12.7. The van der Waals surface area contributed by atoms with Gasteiger partial charge in [0.1, 0.15) is 46.9 Å². The van der Waals surface area contributed by atoms with Crippen LogP contribution in [-0.4, -0.2) is 79.1 Å². The first kappa shape index (κ1) is 29.9. The Hall–Kier alpha value is -3.12. The van der Waals surface area contributed by atoms with Gasteiger partial charge in [-0.25, -0.2) is 4.79 Å². The Bertz CT molecular complexity index is 1180. The Labute approximate surface area is 238 Å². The molecule has 2 aliphatic rings.